The van der Waals surface area contributed by atoms with Gasteiger partial charge >= 0.3 is 5.97 Å². The molecule has 0 atom stereocenters. The fourth-order valence-corrected chi connectivity index (χ4v) is 2.23. The highest BCUT2D eigenvalue weighted by molar-refractivity contribution is 9.10. The number of rotatable bonds is 2. The lowest BCUT2D eigenvalue weighted by Gasteiger charge is -2.06. The van der Waals surface area contributed by atoms with Crippen molar-refractivity contribution in [3.8, 4) is 0 Å². The van der Waals surface area contributed by atoms with Crippen molar-refractivity contribution in [2.75, 3.05) is 6.61 Å². The summed E-state index contributed by atoms with van der Waals surface area (Å²) in [5.74, 6) is -0.939. The highest BCUT2D eigenvalue weighted by Crippen LogP contribution is 2.27. The van der Waals surface area contributed by atoms with Gasteiger partial charge in [0.2, 0.25) is 0 Å². The van der Waals surface area contributed by atoms with Crippen LogP contribution in [0.25, 0.3) is 10.8 Å². The Kier molecular flexibility index (Phi) is 3.43. The van der Waals surface area contributed by atoms with E-state index >= 15 is 0 Å². The van der Waals surface area contributed by atoms with Crippen LogP contribution in [0.2, 0.25) is 0 Å². The summed E-state index contributed by atoms with van der Waals surface area (Å²) in [5.41, 5.74) is 0.231. The maximum Gasteiger partial charge on any atom is 0.338 e. The Morgan fingerprint density at radius 1 is 1.41 bits per heavy atom. The normalized spacial score (nSPS) is 10.5. The SMILES string of the molecule is CCOC(=O)c1cc(F)c2c(Br)cccc2c1. The Morgan fingerprint density at radius 2 is 2.18 bits per heavy atom. The maximum atomic E-state index is 13.9. The number of halogens is 2. The van der Waals surface area contributed by atoms with E-state index in [4.69, 9.17) is 4.74 Å². The smallest absolute Gasteiger partial charge is 0.338 e. The monoisotopic (exact) mass is 296 g/mol. The molecule has 88 valence electrons. The second-order valence-corrected chi connectivity index (χ2v) is 4.37. The number of fused-ring (bicyclic) bond motifs is 1. The van der Waals surface area contributed by atoms with Crippen LogP contribution in [0.3, 0.4) is 0 Å². The highest BCUT2D eigenvalue weighted by atomic mass is 79.9. The lowest BCUT2D eigenvalue weighted by Crippen LogP contribution is -2.05. The molecule has 0 radical (unpaired) electrons. The molecule has 0 unspecified atom stereocenters. The predicted octanol–water partition coefficient (Wildman–Crippen LogP) is 3.92. The zero-order valence-electron chi connectivity index (χ0n) is 9.17. The Hall–Kier alpha value is -1.42. The fraction of sp³-hybridized carbons (Fsp3) is 0.154. The molecule has 0 bridgehead atoms. The molecule has 17 heavy (non-hydrogen) atoms. The van der Waals surface area contributed by atoms with Gasteiger partial charge in [0.15, 0.2) is 0 Å². The molecule has 2 aromatic carbocycles. The summed E-state index contributed by atoms with van der Waals surface area (Å²) in [6.45, 7) is 1.99. The van der Waals surface area contributed by atoms with E-state index in [1.807, 2.05) is 0 Å². The van der Waals surface area contributed by atoms with E-state index in [1.54, 1.807) is 31.2 Å². The van der Waals surface area contributed by atoms with Gasteiger partial charge in [0.25, 0.3) is 0 Å². The molecule has 2 aromatic rings. The first-order valence-corrected chi connectivity index (χ1v) is 5.97. The quantitative estimate of drug-likeness (QED) is 0.785. The summed E-state index contributed by atoms with van der Waals surface area (Å²) in [7, 11) is 0. The van der Waals surface area contributed by atoms with Gasteiger partial charge in [-0.05, 0) is 30.5 Å². The van der Waals surface area contributed by atoms with E-state index in [9.17, 15) is 9.18 Å². The number of carbonyl (C=O) groups is 1. The minimum atomic E-state index is -0.506. The third-order valence-corrected chi connectivity index (χ3v) is 3.05. The molecule has 0 N–H and O–H groups in total. The van der Waals surface area contributed by atoms with Crippen molar-refractivity contribution in [1.29, 1.82) is 0 Å². The van der Waals surface area contributed by atoms with Gasteiger partial charge in [-0.1, -0.05) is 28.1 Å². The van der Waals surface area contributed by atoms with Gasteiger partial charge in [-0.3, -0.25) is 0 Å². The first-order chi connectivity index (χ1) is 8.13. The van der Waals surface area contributed by atoms with E-state index in [1.165, 1.54) is 6.07 Å². The summed E-state index contributed by atoms with van der Waals surface area (Å²) < 4.78 is 19.4. The Labute approximate surface area is 107 Å². The minimum absolute atomic E-state index is 0.231. The van der Waals surface area contributed by atoms with E-state index in [2.05, 4.69) is 15.9 Å². The number of carbonyl (C=O) groups excluding carboxylic acids is 1. The van der Waals surface area contributed by atoms with Crippen LogP contribution in [0.4, 0.5) is 4.39 Å². The molecule has 0 saturated carbocycles. The zero-order valence-corrected chi connectivity index (χ0v) is 10.8. The molecule has 0 amide bonds. The molecule has 0 spiro atoms. The molecule has 4 heteroatoms. The standard InChI is InChI=1S/C13H10BrFO2/c1-2-17-13(16)9-6-8-4-3-5-10(14)12(8)11(15)7-9/h3-7H,2H2,1H3. The van der Waals surface area contributed by atoms with Crippen LogP contribution in [-0.2, 0) is 4.74 Å². The molecule has 0 aliphatic rings. The molecule has 0 aliphatic heterocycles. The van der Waals surface area contributed by atoms with Crippen molar-refractivity contribution in [2.45, 2.75) is 6.92 Å². The minimum Gasteiger partial charge on any atom is -0.462 e. The molecule has 0 aromatic heterocycles. The van der Waals surface area contributed by atoms with Gasteiger partial charge in [-0.25, -0.2) is 9.18 Å². The van der Waals surface area contributed by atoms with Crippen molar-refractivity contribution in [2.24, 2.45) is 0 Å². The van der Waals surface area contributed by atoms with E-state index in [-0.39, 0.29) is 12.2 Å². The van der Waals surface area contributed by atoms with E-state index < -0.39 is 11.8 Å². The van der Waals surface area contributed by atoms with Crippen molar-refractivity contribution < 1.29 is 13.9 Å². The van der Waals surface area contributed by atoms with Gasteiger partial charge in [0.05, 0.1) is 12.2 Å². The second-order valence-electron chi connectivity index (χ2n) is 3.52. The maximum absolute atomic E-state index is 13.9. The van der Waals surface area contributed by atoms with Gasteiger partial charge in [0.1, 0.15) is 5.82 Å². The predicted molar refractivity (Wildman–Crippen MR) is 67.6 cm³/mol. The van der Waals surface area contributed by atoms with Crippen molar-refractivity contribution in [3.05, 3.63) is 46.2 Å². The Balaban J connectivity index is 2.60. The summed E-state index contributed by atoms with van der Waals surface area (Å²) in [6, 6.07) is 8.13. The average Bonchev–Trinajstić information content (AvgIpc) is 2.29. The van der Waals surface area contributed by atoms with Crippen LogP contribution in [-0.4, -0.2) is 12.6 Å². The fourth-order valence-electron chi connectivity index (χ4n) is 1.66. The third kappa shape index (κ3) is 2.31. The summed E-state index contributed by atoms with van der Waals surface area (Å²) in [5, 5.41) is 1.14. The van der Waals surface area contributed by atoms with Crippen LogP contribution in [0.1, 0.15) is 17.3 Å². The molecule has 0 saturated heterocycles. The van der Waals surface area contributed by atoms with Crippen LogP contribution in [0.15, 0.2) is 34.8 Å². The Bertz CT molecular complexity index is 581. The molecular formula is C13H10BrFO2. The first kappa shape index (κ1) is 12.0. The van der Waals surface area contributed by atoms with Crippen molar-refractivity contribution in [3.63, 3.8) is 0 Å². The third-order valence-electron chi connectivity index (χ3n) is 2.39. The van der Waals surface area contributed by atoms with Crippen LogP contribution < -0.4 is 0 Å². The first-order valence-electron chi connectivity index (χ1n) is 5.18. The molecule has 2 nitrogen and oxygen atoms in total. The average molecular weight is 297 g/mol. The number of hydrogen-bond donors (Lipinski definition) is 0. The summed E-state index contributed by atoms with van der Waals surface area (Å²) in [6.07, 6.45) is 0. The summed E-state index contributed by atoms with van der Waals surface area (Å²) in [4.78, 5) is 11.5. The number of hydrogen-bond acceptors (Lipinski definition) is 2. The molecular weight excluding hydrogens is 287 g/mol. The van der Waals surface area contributed by atoms with Gasteiger partial charge < -0.3 is 4.74 Å². The van der Waals surface area contributed by atoms with E-state index in [0.29, 0.717) is 15.2 Å². The lowest BCUT2D eigenvalue weighted by molar-refractivity contribution is 0.0526. The molecule has 2 rings (SSSR count). The number of ether oxygens (including phenoxy) is 1. The summed E-state index contributed by atoms with van der Waals surface area (Å²) >= 11 is 3.28. The van der Waals surface area contributed by atoms with Crippen LogP contribution in [0, 0.1) is 5.82 Å². The molecule has 0 aliphatic carbocycles. The van der Waals surface area contributed by atoms with Gasteiger partial charge in [0, 0.05) is 9.86 Å². The molecule has 0 heterocycles. The van der Waals surface area contributed by atoms with Gasteiger partial charge in [-0.2, -0.15) is 0 Å². The second kappa shape index (κ2) is 4.84. The topological polar surface area (TPSA) is 26.3 Å². The highest BCUT2D eigenvalue weighted by Gasteiger charge is 2.12. The lowest BCUT2D eigenvalue weighted by atomic mass is 10.1. The van der Waals surface area contributed by atoms with Crippen molar-refractivity contribution in [1.82, 2.24) is 0 Å². The molecule has 0 fully saturated rings. The largest absolute Gasteiger partial charge is 0.462 e. The number of esters is 1. The zero-order chi connectivity index (χ0) is 12.4. The van der Waals surface area contributed by atoms with Crippen LogP contribution >= 0.6 is 15.9 Å². The van der Waals surface area contributed by atoms with E-state index in [0.717, 1.165) is 0 Å². The van der Waals surface area contributed by atoms with Crippen LogP contribution in [0.5, 0.6) is 0 Å². The Morgan fingerprint density at radius 3 is 2.88 bits per heavy atom. The number of benzene rings is 2. The van der Waals surface area contributed by atoms with Crippen molar-refractivity contribution >= 4 is 32.7 Å². The van der Waals surface area contributed by atoms with Gasteiger partial charge in [-0.15, -0.1) is 0 Å².